The number of nitrogens with zero attached hydrogens (tertiary/aromatic N) is 4. The molecule has 0 saturated carbocycles. The van der Waals surface area contributed by atoms with E-state index in [4.69, 9.17) is 5.11 Å². The lowest BCUT2D eigenvalue weighted by Gasteiger charge is -1.96. The highest BCUT2D eigenvalue weighted by Gasteiger charge is 1.98. The van der Waals surface area contributed by atoms with Crippen LogP contribution in [0.1, 0.15) is 5.69 Å². The maximum absolute atomic E-state index is 8.61. The Bertz CT molecular complexity index is 449. The van der Waals surface area contributed by atoms with E-state index in [1.54, 1.807) is 41.6 Å². The SMILES string of the molecule is OCC=Cc1cn(-c2cnccn2)cn1. The summed E-state index contributed by atoms with van der Waals surface area (Å²) in [6, 6.07) is 0. The van der Waals surface area contributed by atoms with Gasteiger partial charge in [0.2, 0.25) is 0 Å². The van der Waals surface area contributed by atoms with E-state index in [9.17, 15) is 0 Å². The molecule has 0 aliphatic carbocycles. The molecule has 0 aliphatic heterocycles. The van der Waals surface area contributed by atoms with E-state index < -0.39 is 0 Å². The Kier molecular flexibility index (Phi) is 2.85. The number of rotatable bonds is 3. The average molecular weight is 202 g/mol. The standard InChI is InChI=1S/C10H10N4O/c15-5-1-2-9-7-14(8-13-9)10-6-11-3-4-12-10/h1-4,6-8,15H,5H2. The van der Waals surface area contributed by atoms with Crippen molar-refractivity contribution in [3.05, 3.63) is 42.9 Å². The maximum atomic E-state index is 8.61. The number of aromatic nitrogens is 4. The molecule has 1 N–H and O–H groups in total. The summed E-state index contributed by atoms with van der Waals surface area (Å²) in [5.74, 6) is 0.716. The van der Waals surface area contributed by atoms with E-state index in [1.165, 1.54) is 0 Å². The lowest BCUT2D eigenvalue weighted by molar-refractivity contribution is 0.343. The van der Waals surface area contributed by atoms with Crippen molar-refractivity contribution in [1.29, 1.82) is 0 Å². The number of aliphatic hydroxyl groups excluding tert-OH is 1. The number of imidazole rings is 1. The van der Waals surface area contributed by atoms with Crippen LogP contribution < -0.4 is 0 Å². The molecule has 0 aromatic carbocycles. The fourth-order valence-electron chi connectivity index (χ4n) is 1.15. The Morgan fingerprint density at radius 2 is 2.27 bits per heavy atom. The molecule has 2 aromatic rings. The van der Waals surface area contributed by atoms with Crippen molar-refractivity contribution in [2.75, 3.05) is 6.61 Å². The van der Waals surface area contributed by atoms with E-state index in [2.05, 4.69) is 15.0 Å². The summed E-state index contributed by atoms with van der Waals surface area (Å²) in [7, 11) is 0. The molecule has 2 heterocycles. The van der Waals surface area contributed by atoms with Crippen LogP contribution in [0.5, 0.6) is 0 Å². The lowest BCUT2D eigenvalue weighted by Crippen LogP contribution is -1.93. The molecule has 0 atom stereocenters. The van der Waals surface area contributed by atoms with Gasteiger partial charge in [0.25, 0.3) is 0 Å². The molecule has 5 heteroatoms. The van der Waals surface area contributed by atoms with Gasteiger partial charge in [-0.3, -0.25) is 9.55 Å². The fraction of sp³-hybridized carbons (Fsp3) is 0.100. The second-order valence-corrected chi connectivity index (χ2v) is 2.85. The Morgan fingerprint density at radius 3 is 3.00 bits per heavy atom. The van der Waals surface area contributed by atoms with Crippen LogP contribution in [-0.4, -0.2) is 31.2 Å². The number of hydrogen-bond donors (Lipinski definition) is 1. The monoisotopic (exact) mass is 202 g/mol. The molecule has 0 saturated heterocycles. The zero-order valence-corrected chi connectivity index (χ0v) is 7.98. The smallest absolute Gasteiger partial charge is 0.156 e. The summed E-state index contributed by atoms with van der Waals surface area (Å²) in [6.07, 6.45) is 11.7. The third kappa shape index (κ3) is 2.26. The van der Waals surface area contributed by atoms with Gasteiger partial charge in [-0.25, -0.2) is 9.97 Å². The van der Waals surface area contributed by atoms with Gasteiger partial charge >= 0.3 is 0 Å². The van der Waals surface area contributed by atoms with Crippen molar-refractivity contribution in [2.24, 2.45) is 0 Å². The van der Waals surface area contributed by atoms with Crippen molar-refractivity contribution >= 4 is 6.08 Å². The first kappa shape index (κ1) is 9.54. The fourth-order valence-corrected chi connectivity index (χ4v) is 1.15. The number of hydrogen-bond acceptors (Lipinski definition) is 4. The summed E-state index contributed by atoms with van der Waals surface area (Å²) >= 11 is 0. The maximum Gasteiger partial charge on any atom is 0.156 e. The van der Waals surface area contributed by atoms with Gasteiger partial charge in [-0.2, -0.15) is 0 Å². The van der Waals surface area contributed by atoms with Crippen LogP contribution in [0.15, 0.2) is 37.2 Å². The molecule has 76 valence electrons. The van der Waals surface area contributed by atoms with Gasteiger partial charge in [0.1, 0.15) is 6.33 Å². The molecule has 2 aromatic heterocycles. The van der Waals surface area contributed by atoms with Crippen LogP contribution in [0.25, 0.3) is 11.9 Å². The normalized spacial score (nSPS) is 11.0. The van der Waals surface area contributed by atoms with Crippen LogP contribution in [0, 0.1) is 0 Å². The van der Waals surface area contributed by atoms with E-state index in [0.717, 1.165) is 5.69 Å². The number of aliphatic hydroxyl groups is 1. The minimum absolute atomic E-state index is 0.0119. The molecule has 0 spiro atoms. The summed E-state index contributed by atoms with van der Waals surface area (Å²) < 4.78 is 1.77. The van der Waals surface area contributed by atoms with Gasteiger partial charge in [0, 0.05) is 18.6 Å². The van der Waals surface area contributed by atoms with Crippen LogP contribution in [0.2, 0.25) is 0 Å². The largest absolute Gasteiger partial charge is 0.392 e. The van der Waals surface area contributed by atoms with Crippen molar-refractivity contribution in [1.82, 2.24) is 19.5 Å². The zero-order valence-electron chi connectivity index (χ0n) is 7.98. The summed E-state index contributed by atoms with van der Waals surface area (Å²) in [5.41, 5.74) is 0.773. The van der Waals surface area contributed by atoms with Gasteiger partial charge in [-0.1, -0.05) is 6.08 Å². The van der Waals surface area contributed by atoms with Crippen molar-refractivity contribution in [2.45, 2.75) is 0 Å². The summed E-state index contributed by atoms with van der Waals surface area (Å²) in [4.78, 5) is 12.2. The summed E-state index contributed by atoms with van der Waals surface area (Å²) in [5, 5.41) is 8.61. The molecule has 5 nitrogen and oxygen atoms in total. The second-order valence-electron chi connectivity index (χ2n) is 2.85. The summed E-state index contributed by atoms with van der Waals surface area (Å²) in [6.45, 7) is 0.0119. The molecule has 0 radical (unpaired) electrons. The lowest BCUT2D eigenvalue weighted by atomic mass is 10.4. The predicted octanol–water partition coefficient (Wildman–Crippen LogP) is 0.668. The van der Waals surface area contributed by atoms with Crippen molar-refractivity contribution in [3.63, 3.8) is 0 Å². The third-order valence-corrected chi connectivity index (χ3v) is 1.81. The predicted molar refractivity (Wildman–Crippen MR) is 55.3 cm³/mol. The highest BCUT2D eigenvalue weighted by atomic mass is 16.2. The minimum atomic E-state index is 0.0119. The Morgan fingerprint density at radius 1 is 1.33 bits per heavy atom. The van der Waals surface area contributed by atoms with Crippen molar-refractivity contribution in [3.8, 4) is 5.82 Å². The first-order valence-corrected chi connectivity index (χ1v) is 4.48. The zero-order chi connectivity index (χ0) is 10.5. The topological polar surface area (TPSA) is 63.8 Å². The second kappa shape index (κ2) is 4.47. The van der Waals surface area contributed by atoms with Crippen LogP contribution >= 0.6 is 0 Å². The minimum Gasteiger partial charge on any atom is -0.392 e. The first-order valence-electron chi connectivity index (χ1n) is 4.48. The quantitative estimate of drug-likeness (QED) is 0.794. The molecule has 2 rings (SSSR count). The third-order valence-electron chi connectivity index (χ3n) is 1.81. The molecule has 0 amide bonds. The van der Waals surface area contributed by atoms with Gasteiger partial charge in [0.15, 0.2) is 5.82 Å². The molecule has 15 heavy (non-hydrogen) atoms. The van der Waals surface area contributed by atoms with E-state index in [-0.39, 0.29) is 6.61 Å². The molecule has 0 unspecified atom stereocenters. The Labute approximate surface area is 86.8 Å². The van der Waals surface area contributed by atoms with E-state index in [1.807, 2.05) is 6.20 Å². The van der Waals surface area contributed by atoms with Gasteiger partial charge in [-0.15, -0.1) is 0 Å². The van der Waals surface area contributed by atoms with Crippen molar-refractivity contribution < 1.29 is 5.11 Å². The Hall–Kier alpha value is -2.01. The van der Waals surface area contributed by atoms with Crippen LogP contribution in [0.3, 0.4) is 0 Å². The molecule has 0 fully saturated rings. The average Bonchev–Trinajstić information content (AvgIpc) is 2.76. The van der Waals surface area contributed by atoms with Gasteiger partial charge in [0.05, 0.1) is 18.5 Å². The molecular weight excluding hydrogens is 192 g/mol. The van der Waals surface area contributed by atoms with Crippen LogP contribution in [-0.2, 0) is 0 Å². The Balaban J connectivity index is 2.24. The van der Waals surface area contributed by atoms with E-state index in [0.29, 0.717) is 5.82 Å². The van der Waals surface area contributed by atoms with Gasteiger partial charge < -0.3 is 5.11 Å². The highest BCUT2D eigenvalue weighted by Crippen LogP contribution is 2.04. The molecular formula is C10H10N4O. The highest BCUT2D eigenvalue weighted by molar-refractivity contribution is 5.44. The molecule has 0 bridgehead atoms. The van der Waals surface area contributed by atoms with Gasteiger partial charge in [-0.05, 0) is 6.08 Å². The van der Waals surface area contributed by atoms with Crippen LogP contribution in [0.4, 0.5) is 0 Å². The van der Waals surface area contributed by atoms with E-state index >= 15 is 0 Å². The molecule has 0 aliphatic rings. The first-order chi connectivity index (χ1) is 7.40.